The maximum absolute atomic E-state index is 14.3. The molecule has 3 aliphatic rings. The fourth-order valence-electron chi connectivity index (χ4n) is 6.44. The van der Waals surface area contributed by atoms with E-state index >= 15 is 0 Å². The molecular weight excluding hydrogens is 562 g/mol. The molecule has 3 aliphatic heterocycles. The summed E-state index contributed by atoms with van der Waals surface area (Å²) in [5, 5.41) is 15.1. The number of piperazine rings is 1. The summed E-state index contributed by atoms with van der Waals surface area (Å²) in [5.74, 6) is 3.23. The first-order chi connectivity index (χ1) is 21.3. The minimum atomic E-state index is -0.518. The number of anilines is 1. The summed E-state index contributed by atoms with van der Waals surface area (Å²) in [6.07, 6.45) is 10.3. The summed E-state index contributed by atoms with van der Waals surface area (Å²) in [4.78, 5) is 18.0. The largest absolute Gasteiger partial charge is 0.508 e. The summed E-state index contributed by atoms with van der Waals surface area (Å²) in [6.45, 7) is 11.7. The van der Waals surface area contributed by atoms with Crippen LogP contribution in [0.1, 0.15) is 70.3 Å². The molecule has 0 aliphatic carbocycles. The smallest absolute Gasteiger partial charge is 0.321 e. The molecule has 44 heavy (non-hydrogen) atoms. The van der Waals surface area contributed by atoms with Crippen LogP contribution in [-0.2, 0) is 12.8 Å². The van der Waals surface area contributed by atoms with Gasteiger partial charge in [-0.1, -0.05) is 32.8 Å². The number of fused-ring (bicyclic) bond motifs is 2. The highest BCUT2D eigenvalue weighted by Gasteiger charge is 2.34. The number of halogens is 2. The summed E-state index contributed by atoms with van der Waals surface area (Å²) in [5.41, 5.74) is 0.928. The van der Waals surface area contributed by atoms with Gasteiger partial charge in [0.25, 0.3) is 0 Å². The second-order valence-corrected chi connectivity index (χ2v) is 11.5. The Bertz CT molecular complexity index is 1440. The molecular formula is C34H46F2N6O2. The number of methoxy groups -OCH3 is 1. The zero-order valence-electron chi connectivity index (χ0n) is 26.6. The second kappa shape index (κ2) is 15.4. The van der Waals surface area contributed by atoms with Crippen molar-refractivity contribution in [1.82, 2.24) is 25.2 Å². The zero-order valence-corrected chi connectivity index (χ0v) is 26.6. The lowest BCUT2D eigenvalue weighted by molar-refractivity contribution is 0.292. The number of rotatable bonds is 6. The van der Waals surface area contributed by atoms with Gasteiger partial charge in [-0.2, -0.15) is 15.0 Å². The average molecular weight is 609 g/mol. The van der Waals surface area contributed by atoms with Crippen LogP contribution in [0.5, 0.6) is 11.8 Å². The van der Waals surface area contributed by atoms with Crippen LogP contribution >= 0.6 is 0 Å². The van der Waals surface area contributed by atoms with Crippen LogP contribution in [0.2, 0.25) is 0 Å². The van der Waals surface area contributed by atoms with Crippen molar-refractivity contribution in [1.29, 1.82) is 0 Å². The first-order valence-electron chi connectivity index (χ1n) is 15.9. The van der Waals surface area contributed by atoms with Crippen molar-refractivity contribution in [3.05, 3.63) is 47.0 Å². The number of nitrogens with zero attached hydrogens (tertiary/aromatic N) is 5. The van der Waals surface area contributed by atoms with E-state index in [-0.39, 0.29) is 17.3 Å². The van der Waals surface area contributed by atoms with Crippen LogP contribution in [0.25, 0.3) is 10.8 Å². The van der Waals surface area contributed by atoms with Gasteiger partial charge < -0.3 is 20.1 Å². The lowest BCUT2D eigenvalue weighted by atomic mass is 9.95. The van der Waals surface area contributed by atoms with E-state index in [0.717, 1.165) is 38.0 Å². The van der Waals surface area contributed by atoms with E-state index in [4.69, 9.17) is 16.1 Å². The molecule has 0 spiro atoms. The van der Waals surface area contributed by atoms with Gasteiger partial charge in [-0.25, -0.2) is 8.78 Å². The number of hydrogen-bond acceptors (Lipinski definition) is 8. The molecule has 10 heteroatoms. The van der Waals surface area contributed by atoms with Gasteiger partial charge in [0, 0.05) is 49.6 Å². The highest BCUT2D eigenvalue weighted by Crippen LogP contribution is 2.31. The SMILES string of the molecule is C#Cc1c(F)ccc2cc(O)cc(CCc3nc(OC)nc(N4CC(C)NC(CC)C4)n3)c12.CC.FC1CC2CCCN2C1. The molecule has 1 aromatic heterocycles. The minimum absolute atomic E-state index is 0.0985. The van der Waals surface area contributed by atoms with Crippen LogP contribution < -0.4 is 15.0 Å². The Kier molecular flexibility index (Phi) is 11.7. The fourth-order valence-corrected chi connectivity index (χ4v) is 6.44. The molecule has 4 heterocycles. The lowest BCUT2D eigenvalue weighted by Crippen LogP contribution is -2.55. The van der Waals surface area contributed by atoms with Crippen molar-refractivity contribution in [3.8, 4) is 24.1 Å². The molecule has 4 unspecified atom stereocenters. The van der Waals surface area contributed by atoms with Gasteiger partial charge in [-0.05, 0) is 74.7 Å². The predicted octanol–water partition coefficient (Wildman–Crippen LogP) is 5.44. The third-order valence-corrected chi connectivity index (χ3v) is 8.42. The van der Waals surface area contributed by atoms with E-state index in [0.29, 0.717) is 60.1 Å². The van der Waals surface area contributed by atoms with Gasteiger partial charge in [0.05, 0.1) is 12.7 Å². The topological polar surface area (TPSA) is 86.6 Å². The number of alkyl halides is 1. The van der Waals surface area contributed by atoms with E-state index in [1.165, 1.54) is 26.0 Å². The van der Waals surface area contributed by atoms with Crippen molar-refractivity contribution in [2.45, 2.75) is 90.5 Å². The molecule has 2 aromatic carbocycles. The van der Waals surface area contributed by atoms with E-state index in [1.54, 1.807) is 18.2 Å². The fraction of sp³-hybridized carbons (Fsp3) is 0.559. The van der Waals surface area contributed by atoms with Crippen molar-refractivity contribution in [2.24, 2.45) is 0 Å². The van der Waals surface area contributed by atoms with Crippen LogP contribution in [0, 0.1) is 18.2 Å². The Balaban J connectivity index is 0.000000337. The van der Waals surface area contributed by atoms with Crippen molar-refractivity contribution < 1.29 is 18.6 Å². The van der Waals surface area contributed by atoms with Gasteiger partial charge in [0.1, 0.15) is 23.6 Å². The third-order valence-electron chi connectivity index (χ3n) is 8.42. The molecule has 4 atom stereocenters. The number of phenols is 1. The maximum atomic E-state index is 14.3. The molecule has 6 rings (SSSR count). The van der Waals surface area contributed by atoms with Gasteiger partial charge in [-0.3, -0.25) is 4.90 Å². The zero-order chi connectivity index (χ0) is 31.8. The number of phenolic OH excluding ortho intramolecular Hbond substituents is 1. The van der Waals surface area contributed by atoms with Crippen molar-refractivity contribution in [3.63, 3.8) is 0 Å². The Hall–Kier alpha value is -3.55. The van der Waals surface area contributed by atoms with Crippen LogP contribution in [-0.4, -0.2) is 82.5 Å². The maximum Gasteiger partial charge on any atom is 0.321 e. The highest BCUT2D eigenvalue weighted by molar-refractivity contribution is 5.92. The van der Waals surface area contributed by atoms with E-state index in [1.807, 2.05) is 13.8 Å². The standard InChI is InChI=1S/C25H28FN5O2.C7H12FN.C2H6/c1-5-18-14-31(13-15(3)27-18)24-28-22(29-25(30-24)33-4)10-8-17-12-19(32)11-16-7-9-21(26)20(6-2)23(16)17;8-6-4-7-2-1-3-9(7)5-6;1-2/h2,7,9,11-12,15,18,27,32H,5,8,10,13-14H2,1,3-4H3;6-7H,1-5H2;1-2H3. The van der Waals surface area contributed by atoms with Gasteiger partial charge in [0.2, 0.25) is 5.95 Å². The number of ether oxygens (including phenoxy) is 1. The molecule has 238 valence electrons. The third kappa shape index (κ3) is 7.93. The molecule has 3 fully saturated rings. The van der Waals surface area contributed by atoms with Crippen molar-refractivity contribution >= 4 is 16.7 Å². The van der Waals surface area contributed by atoms with Crippen molar-refractivity contribution in [2.75, 3.05) is 38.2 Å². The summed E-state index contributed by atoms with van der Waals surface area (Å²) >= 11 is 0. The number of aryl methyl sites for hydroxylation is 2. The van der Waals surface area contributed by atoms with Crippen LogP contribution in [0.15, 0.2) is 24.3 Å². The van der Waals surface area contributed by atoms with Gasteiger partial charge in [-0.15, -0.1) is 6.42 Å². The predicted molar refractivity (Wildman–Crippen MR) is 172 cm³/mol. The van der Waals surface area contributed by atoms with Crippen LogP contribution in [0.3, 0.4) is 0 Å². The molecule has 3 saturated heterocycles. The van der Waals surface area contributed by atoms with Crippen LogP contribution in [0.4, 0.5) is 14.7 Å². The number of aromatic hydroxyl groups is 1. The number of terminal acetylenes is 1. The quantitative estimate of drug-likeness (QED) is 0.358. The normalized spacial score (nSPS) is 22.8. The second-order valence-electron chi connectivity index (χ2n) is 11.5. The molecule has 0 radical (unpaired) electrons. The highest BCUT2D eigenvalue weighted by atomic mass is 19.1. The Morgan fingerprint density at radius 2 is 1.93 bits per heavy atom. The Morgan fingerprint density at radius 1 is 1.14 bits per heavy atom. The van der Waals surface area contributed by atoms with E-state index in [9.17, 15) is 13.9 Å². The van der Waals surface area contributed by atoms with E-state index < -0.39 is 12.0 Å². The first kappa shape index (κ1) is 33.3. The molecule has 8 nitrogen and oxygen atoms in total. The number of benzene rings is 2. The molecule has 0 saturated carbocycles. The van der Waals surface area contributed by atoms with E-state index in [2.05, 4.69) is 44.9 Å². The number of nitrogens with one attached hydrogen (secondary N) is 1. The average Bonchev–Trinajstić information content (AvgIpc) is 3.61. The molecule has 0 bridgehead atoms. The minimum Gasteiger partial charge on any atom is -0.508 e. The Labute approximate surface area is 260 Å². The monoisotopic (exact) mass is 608 g/mol. The molecule has 2 N–H and O–H groups in total. The lowest BCUT2D eigenvalue weighted by Gasteiger charge is -2.37. The summed E-state index contributed by atoms with van der Waals surface area (Å²) < 4.78 is 32.3. The Morgan fingerprint density at radius 3 is 2.64 bits per heavy atom. The summed E-state index contributed by atoms with van der Waals surface area (Å²) in [7, 11) is 1.53. The first-order valence-corrected chi connectivity index (χ1v) is 15.9. The molecule has 0 amide bonds. The number of hydrogen-bond donors (Lipinski definition) is 2. The van der Waals surface area contributed by atoms with Gasteiger partial charge >= 0.3 is 6.01 Å². The van der Waals surface area contributed by atoms with Gasteiger partial charge in [0.15, 0.2) is 0 Å². The number of aromatic nitrogens is 3. The molecule has 3 aromatic rings. The summed E-state index contributed by atoms with van der Waals surface area (Å²) in [6, 6.07) is 7.67.